The van der Waals surface area contributed by atoms with Gasteiger partial charge in [0.25, 0.3) is 0 Å². The number of hydrogen-bond acceptors (Lipinski definition) is 9. The maximum Gasteiger partial charge on any atom is 0.339 e. The molecule has 0 heterocycles. The van der Waals surface area contributed by atoms with Crippen LogP contribution in [0.4, 0.5) is 0 Å². The Bertz CT molecular complexity index is 1950. The van der Waals surface area contributed by atoms with E-state index in [1.165, 1.54) is 60.7 Å². The van der Waals surface area contributed by atoms with Crippen LogP contribution in [-0.4, -0.2) is 59.1 Å². The van der Waals surface area contributed by atoms with Crippen LogP contribution in [-0.2, 0) is 20.2 Å². The molecule has 0 fully saturated rings. The molecule has 0 amide bonds. The number of carboxylic acid groups (broad SMARTS) is 1. The number of carboxylic acids is 1. The Morgan fingerprint density at radius 3 is 1.49 bits per heavy atom. The lowest BCUT2D eigenvalue weighted by Gasteiger charge is -2.18. The first-order valence-corrected chi connectivity index (χ1v) is 14.9. The first-order valence-electron chi connectivity index (χ1n) is 12.1. The lowest BCUT2D eigenvalue weighted by Crippen LogP contribution is -2.19. The molecule has 3 N–H and O–H groups in total. The van der Waals surface area contributed by atoms with Crippen molar-refractivity contribution in [1.82, 2.24) is 0 Å². The van der Waals surface area contributed by atoms with E-state index in [9.17, 15) is 36.9 Å². The third-order valence-corrected chi connectivity index (χ3v) is 9.11. The van der Waals surface area contributed by atoms with Gasteiger partial charge in [-0.3, -0.25) is 0 Å². The molecule has 0 spiro atoms. The molecule has 0 aromatic heterocycles. The molecule has 3 aromatic rings. The van der Waals surface area contributed by atoms with Gasteiger partial charge in [-0.05, 0) is 36.4 Å². The summed E-state index contributed by atoms with van der Waals surface area (Å²) in [6, 6.07) is 10.3. The van der Waals surface area contributed by atoms with Gasteiger partial charge in [-0.25, -0.2) is 4.79 Å². The summed E-state index contributed by atoms with van der Waals surface area (Å²) in [5.41, 5.74) is 17.5. The molecule has 0 saturated heterocycles. The zero-order valence-electron chi connectivity index (χ0n) is 21.5. The summed E-state index contributed by atoms with van der Waals surface area (Å²) in [5.74, 6) is -2.76. The fourth-order valence-corrected chi connectivity index (χ4v) is 6.82. The molecule has 3 aromatic carbocycles. The minimum absolute atomic E-state index is 0.0225. The molecule has 0 saturated carbocycles. The summed E-state index contributed by atoms with van der Waals surface area (Å²) in [6.45, 7) is 0. The van der Waals surface area contributed by atoms with Crippen molar-refractivity contribution in [2.75, 3.05) is 0 Å². The molecule has 2 atom stereocenters. The number of benzene rings is 3. The van der Waals surface area contributed by atoms with Gasteiger partial charge in [0.2, 0.25) is 0 Å². The summed E-state index contributed by atoms with van der Waals surface area (Å²) in [7, 11) is -9.43. The maximum atomic E-state index is 13.3. The van der Waals surface area contributed by atoms with Gasteiger partial charge in [-0.2, -0.15) is 26.4 Å². The minimum Gasteiger partial charge on any atom is -0.478 e. The molecule has 14 nitrogen and oxygen atoms in total. The van der Waals surface area contributed by atoms with Gasteiger partial charge >= 0.3 is 37.6 Å². The van der Waals surface area contributed by atoms with Crippen molar-refractivity contribution in [3.05, 3.63) is 106 Å². The van der Waals surface area contributed by atoms with E-state index < -0.39 is 65.3 Å². The fourth-order valence-electron chi connectivity index (χ4n) is 4.54. The van der Waals surface area contributed by atoms with Gasteiger partial charge in [0.05, 0.1) is 5.56 Å². The highest BCUT2D eigenvalue weighted by Gasteiger charge is 2.33. The quantitative estimate of drug-likeness (QED) is 0.197. The standard InChI is InChI=1S/C27H18N4O10S2/c28-30-21-9-7-17-19(25(21)32)3-1-5-23(17)42(36,37)40-15-11-14(27(34)35)12-16(13-15)41-43(38,39)24-6-2-4-20-18(24)8-10-22(31-29)26(20)33/h1-13,25-26,32-33H,(H,34,35). The lowest BCUT2D eigenvalue weighted by atomic mass is 9.93. The molecule has 2 aliphatic rings. The van der Waals surface area contributed by atoms with E-state index in [1.807, 2.05) is 0 Å². The number of hydrogen-bond donors (Lipinski definition) is 3. The van der Waals surface area contributed by atoms with Crippen LogP contribution in [0.15, 0.2) is 76.5 Å². The van der Waals surface area contributed by atoms with Crippen LogP contribution in [0.3, 0.4) is 0 Å². The number of aliphatic hydroxyl groups excluding tert-OH is 2. The average Bonchev–Trinajstić information content (AvgIpc) is 2.96. The van der Waals surface area contributed by atoms with E-state index in [0.29, 0.717) is 0 Å². The second kappa shape index (κ2) is 10.9. The molecular weight excluding hydrogens is 604 g/mol. The summed E-state index contributed by atoms with van der Waals surface area (Å²) in [6.07, 6.45) is 2.07. The van der Waals surface area contributed by atoms with Gasteiger partial charge in [-0.1, -0.05) is 24.3 Å². The van der Waals surface area contributed by atoms with Crippen LogP contribution >= 0.6 is 0 Å². The van der Waals surface area contributed by atoms with E-state index in [-0.39, 0.29) is 33.7 Å². The van der Waals surface area contributed by atoms with Crippen LogP contribution < -0.4 is 8.37 Å². The molecule has 0 aliphatic heterocycles. The summed E-state index contributed by atoms with van der Waals surface area (Å²) >= 11 is 0. The number of rotatable bonds is 7. The summed E-state index contributed by atoms with van der Waals surface area (Å²) in [5, 5.41) is 30.4. The van der Waals surface area contributed by atoms with Gasteiger partial charge < -0.3 is 34.7 Å². The van der Waals surface area contributed by atoms with Crippen LogP contribution in [0, 0.1) is 0 Å². The maximum absolute atomic E-state index is 13.3. The van der Waals surface area contributed by atoms with Gasteiger partial charge in [-0.15, -0.1) is 0 Å². The van der Waals surface area contributed by atoms with Gasteiger partial charge in [0.1, 0.15) is 21.3 Å². The van der Waals surface area contributed by atoms with Gasteiger partial charge in [0.15, 0.2) is 12.2 Å². The number of aliphatic hydroxyl groups is 2. The molecule has 2 unspecified atom stereocenters. The zero-order valence-corrected chi connectivity index (χ0v) is 23.1. The summed E-state index contributed by atoms with van der Waals surface area (Å²) in [4.78, 5) is 16.9. The van der Waals surface area contributed by atoms with Crippen molar-refractivity contribution in [2.24, 2.45) is 0 Å². The van der Waals surface area contributed by atoms with E-state index in [4.69, 9.17) is 19.4 Å². The smallest absolute Gasteiger partial charge is 0.339 e. The Labute approximate surface area is 243 Å². The molecular formula is C27H18N4O10S2. The monoisotopic (exact) mass is 622 g/mol. The Balaban J connectivity index is 1.52. The van der Waals surface area contributed by atoms with E-state index in [2.05, 4.69) is 9.58 Å². The normalized spacial score (nSPS) is 17.3. The number of aromatic carboxylic acids is 1. The van der Waals surface area contributed by atoms with Gasteiger partial charge in [0, 0.05) is 40.5 Å². The van der Waals surface area contributed by atoms with Crippen molar-refractivity contribution in [1.29, 1.82) is 0 Å². The van der Waals surface area contributed by atoms with Crippen molar-refractivity contribution < 1.29 is 54.9 Å². The van der Waals surface area contributed by atoms with Crippen molar-refractivity contribution in [3.63, 3.8) is 0 Å². The van der Waals surface area contributed by atoms with E-state index in [1.54, 1.807) is 0 Å². The zero-order chi connectivity index (χ0) is 31.1. The molecule has 2 aliphatic carbocycles. The lowest BCUT2D eigenvalue weighted by molar-refractivity contribution is -0.0191. The van der Waals surface area contributed by atoms with Crippen molar-refractivity contribution in [3.8, 4) is 11.5 Å². The van der Waals surface area contributed by atoms with Crippen molar-refractivity contribution >= 4 is 49.8 Å². The first kappa shape index (κ1) is 29.3. The summed E-state index contributed by atoms with van der Waals surface area (Å²) < 4.78 is 63.5. The molecule has 218 valence electrons. The SMILES string of the molecule is [N-]=[N+]=C1C=Cc2c(cccc2S(=O)(=O)Oc2cc(OS(=O)(=O)c3cccc4c3C=CC(=[N+]=[N-])C4O)cc(C(=O)O)c2)C1O. The topological polar surface area (TPSA) is 237 Å². The third kappa shape index (κ3) is 5.40. The third-order valence-electron chi connectivity index (χ3n) is 6.50. The number of fused-ring (bicyclic) bond motifs is 2. The predicted octanol–water partition coefficient (Wildman–Crippen LogP) is 2.38. The highest BCUT2D eigenvalue weighted by atomic mass is 32.2. The number of nitrogens with zero attached hydrogens (tertiary/aromatic N) is 4. The van der Waals surface area contributed by atoms with E-state index in [0.717, 1.165) is 18.2 Å². The molecule has 0 bridgehead atoms. The Kier molecular flexibility index (Phi) is 7.42. The molecule has 43 heavy (non-hydrogen) atoms. The van der Waals surface area contributed by atoms with Crippen LogP contribution in [0.5, 0.6) is 11.5 Å². The average molecular weight is 623 g/mol. The van der Waals surface area contributed by atoms with E-state index >= 15 is 0 Å². The highest BCUT2D eigenvalue weighted by Crippen LogP contribution is 2.35. The van der Waals surface area contributed by atoms with Crippen LogP contribution in [0.1, 0.15) is 44.8 Å². The van der Waals surface area contributed by atoms with Crippen molar-refractivity contribution in [2.45, 2.75) is 22.0 Å². The Hall–Kier alpha value is -5.21. The Morgan fingerprint density at radius 2 is 1.12 bits per heavy atom. The highest BCUT2D eigenvalue weighted by molar-refractivity contribution is 7.87. The fraction of sp³-hybridized carbons (Fsp3) is 0.0741. The Morgan fingerprint density at radius 1 is 0.698 bits per heavy atom. The number of carbonyl (C=O) groups is 1. The molecule has 5 rings (SSSR count). The molecule has 16 heteroatoms. The predicted molar refractivity (Wildman–Crippen MR) is 147 cm³/mol. The largest absolute Gasteiger partial charge is 0.478 e. The molecule has 0 radical (unpaired) electrons. The second-order valence-electron chi connectivity index (χ2n) is 9.11. The first-order chi connectivity index (χ1) is 20.4. The van der Waals surface area contributed by atoms with Crippen LogP contribution in [0.2, 0.25) is 0 Å². The second-order valence-corrected chi connectivity index (χ2v) is 12.1. The minimum atomic E-state index is -4.71. The van der Waals surface area contributed by atoms with Crippen LogP contribution in [0.25, 0.3) is 23.2 Å².